The highest BCUT2D eigenvalue weighted by atomic mass is 32.2. The van der Waals surface area contributed by atoms with Gasteiger partial charge in [0.1, 0.15) is 0 Å². The van der Waals surface area contributed by atoms with Gasteiger partial charge in [-0.3, -0.25) is 0 Å². The van der Waals surface area contributed by atoms with Crippen LogP contribution in [0.4, 0.5) is 19.1 Å². The van der Waals surface area contributed by atoms with Gasteiger partial charge in [-0.05, 0) is 38.0 Å². The quantitative estimate of drug-likeness (QED) is 0.906. The summed E-state index contributed by atoms with van der Waals surface area (Å²) in [5, 5.41) is 2.80. The Labute approximate surface area is 132 Å². The zero-order chi connectivity index (χ0) is 16.7. The second kappa shape index (κ2) is 5.92. The van der Waals surface area contributed by atoms with Gasteiger partial charge in [-0.15, -0.1) is 0 Å². The van der Waals surface area contributed by atoms with Crippen LogP contribution in [0.15, 0.2) is 0 Å². The zero-order valence-electron chi connectivity index (χ0n) is 12.5. The third-order valence-corrected chi connectivity index (χ3v) is 6.16. The molecule has 0 radical (unpaired) electrons. The van der Waals surface area contributed by atoms with E-state index in [0.29, 0.717) is 31.4 Å². The fraction of sp³-hybridized carbons (Fsp3) is 0.714. The number of alkyl halides is 3. The van der Waals surface area contributed by atoms with Crippen LogP contribution in [-0.4, -0.2) is 36.4 Å². The maximum absolute atomic E-state index is 13.2. The monoisotopic (exact) mass is 349 g/mol. The SMILES string of the molecule is O=S1(=O)CCC(CNc2nc3c(c(C(F)(F)F)n2)CCCC3)C1. The Kier molecular flexibility index (Phi) is 4.24. The number of hydrogen-bond donors (Lipinski definition) is 1. The van der Waals surface area contributed by atoms with Crippen LogP contribution in [0.25, 0.3) is 0 Å². The Morgan fingerprint density at radius 2 is 1.91 bits per heavy atom. The summed E-state index contributed by atoms with van der Waals surface area (Å²) in [7, 11) is -3.01. The van der Waals surface area contributed by atoms with E-state index in [1.807, 2.05) is 0 Å². The molecule has 128 valence electrons. The molecule has 1 aromatic rings. The number of rotatable bonds is 3. The lowest BCUT2D eigenvalue weighted by Gasteiger charge is -2.21. The van der Waals surface area contributed by atoms with Crippen LogP contribution in [0.3, 0.4) is 0 Å². The molecule has 0 amide bonds. The van der Waals surface area contributed by atoms with E-state index in [1.165, 1.54) is 0 Å². The van der Waals surface area contributed by atoms with Gasteiger partial charge in [0.25, 0.3) is 0 Å². The third kappa shape index (κ3) is 3.76. The summed E-state index contributed by atoms with van der Waals surface area (Å²) >= 11 is 0. The Bertz CT molecular complexity index is 704. The van der Waals surface area contributed by atoms with Gasteiger partial charge in [-0.1, -0.05) is 0 Å². The number of fused-ring (bicyclic) bond motifs is 1. The Morgan fingerprint density at radius 1 is 1.17 bits per heavy atom. The van der Waals surface area contributed by atoms with Crippen LogP contribution in [0.2, 0.25) is 0 Å². The van der Waals surface area contributed by atoms with E-state index >= 15 is 0 Å². The molecule has 0 spiro atoms. The van der Waals surface area contributed by atoms with Gasteiger partial charge in [-0.2, -0.15) is 13.2 Å². The highest BCUT2D eigenvalue weighted by Gasteiger charge is 2.38. The van der Waals surface area contributed by atoms with Crippen LogP contribution in [0.1, 0.15) is 36.2 Å². The van der Waals surface area contributed by atoms with Crippen LogP contribution in [-0.2, 0) is 28.9 Å². The molecule has 1 N–H and O–H groups in total. The molecule has 1 saturated heterocycles. The highest BCUT2D eigenvalue weighted by molar-refractivity contribution is 7.91. The average molecular weight is 349 g/mol. The predicted molar refractivity (Wildman–Crippen MR) is 78.9 cm³/mol. The van der Waals surface area contributed by atoms with Gasteiger partial charge < -0.3 is 5.32 Å². The number of sulfone groups is 1. The molecule has 9 heteroatoms. The lowest BCUT2D eigenvalue weighted by molar-refractivity contribution is -0.142. The normalized spacial score (nSPS) is 23.5. The van der Waals surface area contributed by atoms with Crippen molar-refractivity contribution in [2.24, 2.45) is 5.92 Å². The predicted octanol–water partition coefficient (Wildman–Crippen LogP) is 2.22. The Morgan fingerprint density at radius 3 is 2.57 bits per heavy atom. The van der Waals surface area contributed by atoms with E-state index in [0.717, 1.165) is 6.42 Å². The lowest BCUT2D eigenvalue weighted by Crippen LogP contribution is -2.22. The summed E-state index contributed by atoms with van der Waals surface area (Å²) in [4.78, 5) is 7.87. The number of anilines is 1. The Balaban J connectivity index is 1.80. The molecular weight excluding hydrogens is 331 g/mol. The van der Waals surface area contributed by atoms with E-state index in [2.05, 4.69) is 15.3 Å². The van der Waals surface area contributed by atoms with Gasteiger partial charge in [0, 0.05) is 17.8 Å². The molecule has 1 aliphatic heterocycles. The molecule has 0 aromatic carbocycles. The van der Waals surface area contributed by atoms with Crippen molar-refractivity contribution in [2.45, 2.75) is 38.3 Å². The average Bonchev–Trinajstić information content (AvgIpc) is 2.82. The van der Waals surface area contributed by atoms with E-state index in [4.69, 9.17) is 0 Å². The van der Waals surface area contributed by atoms with Gasteiger partial charge >= 0.3 is 6.18 Å². The minimum absolute atomic E-state index is 0.0535. The van der Waals surface area contributed by atoms with Crippen molar-refractivity contribution in [3.63, 3.8) is 0 Å². The third-order valence-electron chi connectivity index (χ3n) is 4.33. The fourth-order valence-electron chi connectivity index (χ4n) is 3.18. The fourth-order valence-corrected chi connectivity index (χ4v) is 5.04. The van der Waals surface area contributed by atoms with Crippen molar-refractivity contribution >= 4 is 15.8 Å². The summed E-state index contributed by atoms with van der Waals surface area (Å²) in [6, 6.07) is 0. The number of nitrogens with one attached hydrogen (secondary N) is 1. The first-order valence-corrected chi connectivity index (χ1v) is 9.48. The standard InChI is InChI=1S/C14H18F3N3O2S/c15-14(16,17)12-10-3-1-2-4-11(10)19-13(20-12)18-7-9-5-6-23(21,22)8-9/h9H,1-8H2,(H,18,19,20). The van der Waals surface area contributed by atoms with Crippen molar-refractivity contribution in [3.8, 4) is 0 Å². The molecule has 2 heterocycles. The van der Waals surface area contributed by atoms with Crippen molar-refractivity contribution < 1.29 is 21.6 Å². The molecule has 5 nitrogen and oxygen atoms in total. The second-order valence-corrected chi connectivity index (χ2v) is 8.40. The van der Waals surface area contributed by atoms with E-state index in [9.17, 15) is 21.6 Å². The number of nitrogens with zero attached hydrogens (tertiary/aromatic N) is 2. The molecule has 3 rings (SSSR count). The molecule has 0 bridgehead atoms. The van der Waals surface area contributed by atoms with Crippen LogP contribution >= 0.6 is 0 Å². The summed E-state index contributed by atoms with van der Waals surface area (Å²) in [6.07, 6.45) is -1.57. The smallest absolute Gasteiger partial charge is 0.354 e. The summed E-state index contributed by atoms with van der Waals surface area (Å²) in [6.45, 7) is 0.273. The van der Waals surface area contributed by atoms with E-state index < -0.39 is 21.7 Å². The topological polar surface area (TPSA) is 72.0 Å². The first kappa shape index (κ1) is 16.5. The van der Waals surface area contributed by atoms with E-state index in [-0.39, 0.29) is 35.5 Å². The van der Waals surface area contributed by atoms with Crippen molar-refractivity contribution in [1.82, 2.24) is 9.97 Å². The number of halogens is 3. The molecule has 1 aromatic heterocycles. The molecule has 1 unspecified atom stereocenters. The zero-order valence-corrected chi connectivity index (χ0v) is 13.3. The minimum atomic E-state index is -4.50. The number of aryl methyl sites for hydroxylation is 1. The summed E-state index contributed by atoms with van der Waals surface area (Å²) < 4.78 is 62.4. The maximum atomic E-state index is 13.2. The van der Waals surface area contributed by atoms with Crippen LogP contribution in [0.5, 0.6) is 0 Å². The van der Waals surface area contributed by atoms with Gasteiger partial charge in [0.15, 0.2) is 15.5 Å². The maximum Gasteiger partial charge on any atom is 0.433 e. The minimum Gasteiger partial charge on any atom is -0.354 e. The first-order chi connectivity index (χ1) is 10.7. The molecule has 2 aliphatic rings. The highest BCUT2D eigenvalue weighted by Crippen LogP contribution is 2.35. The molecule has 1 aliphatic carbocycles. The van der Waals surface area contributed by atoms with Crippen molar-refractivity contribution in [1.29, 1.82) is 0 Å². The Hall–Kier alpha value is -1.38. The van der Waals surface area contributed by atoms with Gasteiger partial charge in [-0.25, -0.2) is 18.4 Å². The van der Waals surface area contributed by atoms with Crippen LogP contribution < -0.4 is 5.32 Å². The molecular formula is C14H18F3N3O2S. The summed E-state index contributed by atoms with van der Waals surface area (Å²) in [5.41, 5.74) is -0.193. The summed E-state index contributed by atoms with van der Waals surface area (Å²) in [5.74, 6) is 0.0474. The second-order valence-electron chi connectivity index (χ2n) is 6.18. The first-order valence-electron chi connectivity index (χ1n) is 7.66. The lowest BCUT2D eigenvalue weighted by atomic mass is 9.94. The number of hydrogen-bond acceptors (Lipinski definition) is 5. The van der Waals surface area contributed by atoms with Gasteiger partial charge in [0.2, 0.25) is 5.95 Å². The molecule has 23 heavy (non-hydrogen) atoms. The molecule has 1 fully saturated rings. The van der Waals surface area contributed by atoms with E-state index in [1.54, 1.807) is 0 Å². The van der Waals surface area contributed by atoms with Gasteiger partial charge in [0.05, 0.1) is 11.5 Å². The van der Waals surface area contributed by atoms with Crippen LogP contribution in [0, 0.1) is 5.92 Å². The molecule has 1 atom stereocenters. The number of aromatic nitrogens is 2. The van der Waals surface area contributed by atoms with Crippen molar-refractivity contribution in [2.75, 3.05) is 23.4 Å². The molecule has 0 saturated carbocycles. The largest absolute Gasteiger partial charge is 0.433 e. The van der Waals surface area contributed by atoms with Crippen molar-refractivity contribution in [3.05, 3.63) is 17.0 Å².